The fraction of sp³-hybridized carbons (Fsp3) is 0.630. The number of nitrogens with one attached hydrogen (secondary N) is 2. The van der Waals surface area contributed by atoms with E-state index in [2.05, 4.69) is 15.5 Å². The van der Waals surface area contributed by atoms with E-state index in [4.69, 9.17) is 0 Å². The summed E-state index contributed by atoms with van der Waals surface area (Å²) in [6, 6.07) is 1.64. The van der Waals surface area contributed by atoms with E-state index in [0.29, 0.717) is 45.2 Å². The van der Waals surface area contributed by atoms with Gasteiger partial charge in [-0.05, 0) is 51.2 Å². The van der Waals surface area contributed by atoms with Gasteiger partial charge in [0.05, 0.1) is 5.41 Å². The summed E-state index contributed by atoms with van der Waals surface area (Å²) in [6.45, 7) is 7.42. The molecule has 3 aliphatic heterocycles. The highest BCUT2D eigenvalue weighted by Crippen LogP contribution is 2.30. The Bertz CT molecular complexity index is 1090. The second kappa shape index (κ2) is 11.8. The minimum absolute atomic E-state index is 0.0178. The lowest BCUT2D eigenvalue weighted by molar-refractivity contribution is -0.151. The van der Waals surface area contributed by atoms with Crippen molar-refractivity contribution in [1.29, 1.82) is 0 Å². The maximum absolute atomic E-state index is 15.0. The quantitative estimate of drug-likeness (QED) is 0.421. The van der Waals surface area contributed by atoms with Gasteiger partial charge in [0.25, 0.3) is 0 Å². The molecule has 3 aliphatic rings. The van der Waals surface area contributed by atoms with E-state index in [1.807, 2.05) is 0 Å². The number of carboxylic acids is 1. The molecule has 0 bridgehead atoms. The first-order chi connectivity index (χ1) is 18.4. The van der Waals surface area contributed by atoms with Crippen molar-refractivity contribution in [1.82, 2.24) is 15.1 Å². The molecule has 12 heteroatoms. The molecule has 10 nitrogen and oxygen atoms in total. The minimum atomic E-state index is -1.09. The van der Waals surface area contributed by atoms with Gasteiger partial charge in [-0.25, -0.2) is 8.78 Å². The standard InChI is InChI=1S/C27H37F2N5O5/c1-27(2,26(38)39)15-23(36)33-7-5-17(6-8-33)16-32-9-11-34(12-10-32)24-19(28)13-18(14-20(24)29)30-21-3-4-22(35)31-25(21)37/h13-14,17,21,30H,3-12,15-16H2,1-2H3,(H,38,39)(H,31,35,37). The lowest BCUT2D eigenvalue weighted by Gasteiger charge is -2.40. The number of carbonyl (C=O) groups excluding carboxylic acids is 3. The maximum atomic E-state index is 15.0. The maximum Gasteiger partial charge on any atom is 0.309 e. The Balaban J connectivity index is 1.24. The molecular weight excluding hydrogens is 512 g/mol. The van der Waals surface area contributed by atoms with Crippen LogP contribution in [0.3, 0.4) is 0 Å². The Morgan fingerprint density at radius 2 is 1.64 bits per heavy atom. The largest absolute Gasteiger partial charge is 0.481 e. The van der Waals surface area contributed by atoms with Gasteiger partial charge in [0, 0.05) is 64.3 Å². The van der Waals surface area contributed by atoms with Crippen LogP contribution in [0.2, 0.25) is 0 Å². The molecule has 39 heavy (non-hydrogen) atoms. The van der Waals surface area contributed by atoms with Crippen LogP contribution >= 0.6 is 0 Å². The van der Waals surface area contributed by atoms with Crippen molar-refractivity contribution in [3.63, 3.8) is 0 Å². The van der Waals surface area contributed by atoms with Crippen LogP contribution in [-0.2, 0) is 19.2 Å². The van der Waals surface area contributed by atoms with Crippen molar-refractivity contribution >= 4 is 35.1 Å². The predicted octanol–water partition coefficient (Wildman–Crippen LogP) is 2.04. The summed E-state index contributed by atoms with van der Waals surface area (Å²) in [5.41, 5.74) is -1.02. The number of anilines is 2. The lowest BCUT2D eigenvalue weighted by atomic mass is 9.88. The van der Waals surface area contributed by atoms with Gasteiger partial charge < -0.3 is 20.2 Å². The zero-order chi connectivity index (χ0) is 28.3. The fourth-order valence-corrected chi connectivity index (χ4v) is 5.43. The first kappa shape index (κ1) is 28.7. The van der Waals surface area contributed by atoms with E-state index >= 15 is 0 Å². The highest BCUT2D eigenvalue weighted by atomic mass is 19.1. The number of nitrogens with zero attached hydrogens (tertiary/aromatic N) is 3. The summed E-state index contributed by atoms with van der Waals surface area (Å²) in [6.07, 6.45) is 2.08. The Labute approximate surface area is 226 Å². The highest BCUT2D eigenvalue weighted by Gasteiger charge is 2.34. The number of hydrogen-bond donors (Lipinski definition) is 3. The molecule has 1 aromatic carbocycles. The van der Waals surface area contributed by atoms with Crippen molar-refractivity contribution < 1.29 is 33.1 Å². The molecule has 0 aromatic heterocycles. The summed E-state index contributed by atoms with van der Waals surface area (Å²) >= 11 is 0. The van der Waals surface area contributed by atoms with Crippen molar-refractivity contribution in [2.45, 2.75) is 52.0 Å². The Kier molecular flexibility index (Phi) is 8.73. The normalized spacial score (nSPS) is 21.6. The minimum Gasteiger partial charge on any atom is -0.481 e. The van der Waals surface area contributed by atoms with Gasteiger partial charge in [0.1, 0.15) is 11.7 Å². The zero-order valence-electron chi connectivity index (χ0n) is 22.5. The Morgan fingerprint density at radius 1 is 1.03 bits per heavy atom. The highest BCUT2D eigenvalue weighted by molar-refractivity contribution is 6.01. The molecule has 3 fully saturated rings. The number of likely N-dealkylation sites (tertiary alicyclic amines) is 1. The van der Waals surface area contributed by atoms with Crippen LogP contribution in [0.5, 0.6) is 0 Å². The monoisotopic (exact) mass is 549 g/mol. The second-order valence-electron chi connectivity index (χ2n) is 11.4. The molecule has 0 spiro atoms. The van der Waals surface area contributed by atoms with Crippen LogP contribution in [0.4, 0.5) is 20.2 Å². The summed E-state index contributed by atoms with van der Waals surface area (Å²) in [5.74, 6) is -2.99. The first-order valence-corrected chi connectivity index (χ1v) is 13.5. The third-order valence-corrected chi connectivity index (χ3v) is 7.94. The van der Waals surface area contributed by atoms with E-state index in [9.17, 15) is 33.1 Å². The van der Waals surface area contributed by atoms with E-state index in [1.54, 1.807) is 23.6 Å². The first-order valence-electron chi connectivity index (χ1n) is 13.5. The number of halogens is 2. The number of carbonyl (C=O) groups is 4. The third-order valence-electron chi connectivity index (χ3n) is 7.94. The van der Waals surface area contributed by atoms with Gasteiger partial charge in [0.15, 0.2) is 11.6 Å². The van der Waals surface area contributed by atoms with Crippen molar-refractivity contribution in [3.8, 4) is 0 Å². The van der Waals surface area contributed by atoms with Crippen molar-refractivity contribution in [3.05, 3.63) is 23.8 Å². The van der Waals surface area contributed by atoms with E-state index in [0.717, 1.165) is 19.4 Å². The number of hydrogen-bond acceptors (Lipinski definition) is 7. The molecule has 214 valence electrons. The van der Waals surface area contributed by atoms with E-state index < -0.39 is 35.0 Å². The Morgan fingerprint density at radius 3 is 2.21 bits per heavy atom. The third kappa shape index (κ3) is 7.03. The molecule has 0 aliphatic carbocycles. The molecular formula is C27H37F2N5O5. The van der Waals surface area contributed by atoms with Crippen LogP contribution in [0.25, 0.3) is 0 Å². The fourth-order valence-electron chi connectivity index (χ4n) is 5.43. The smallest absolute Gasteiger partial charge is 0.309 e. The molecule has 3 amide bonds. The van der Waals surface area contributed by atoms with Crippen molar-refractivity contribution in [2.75, 3.05) is 56.0 Å². The number of piperazine rings is 1. The van der Waals surface area contributed by atoms with Gasteiger partial charge in [-0.1, -0.05) is 0 Å². The van der Waals surface area contributed by atoms with Gasteiger partial charge in [-0.15, -0.1) is 0 Å². The summed E-state index contributed by atoms with van der Waals surface area (Å²) in [7, 11) is 0. The SMILES string of the molecule is CC(C)(CC(=O)N1CCC(CN2CCN(c3c(F)cc(NC4CCC(=O)NC4=O)cc3F)CC2)CC1)C(=O)O. The lowest BCUT2D eigenvalue weighted by Crippen LogP contribution is -2.50. The summed E-state index contributed by atoms with van der Waals surface area (Å²) in [4.78, 5) is 52.9. The van der Waals surface area contributed by atoms with E-state index in [1.165, 1.54) is 12.1 Å². The van der Waals surface area contributed by atoms with Crippen LogP contribution in [0, 0.1) is 23.0 Å². The van der Waals surface area contributed by atoms with Gasteiger partial charge in [-0.3, -0.25) is 29.4 Å². The molecule has 4 rings (SSSR count). The van der Waals surface area contributed by atoms with Crippen LogP contribution in [0.1, 0.15) is 46.0 Å². The summed E-state index contributed by atoms with van der Waals surface area (Å²) in [5, 5.41) is 14.3. The number of amides is 3. The van der Waals surface area contributed by atoms with Crippen LogP contribution in [-0.4, -0.2) is 90.5 Å². The zero-order valence-corrected chi connectivity index (χ0v) is 22.5. The molecule has 1 atom stereocenters. The molecule has 1 aromatic rings. The van der Waals surface area contributed by atoms with Crippen LogP contribution < -0.4 is 15.5 Å². The number of aliphatic carboxylic acids is 1. The number of imide groups is 1. The average molecular weight is 550 g/mol. The van der Waals surface area contributed by atoms with E-state index in [-0.39, 0.29) is 42.5 Å². The Hall–Kier alpha value is -3.28. The molecule has 3 N–H and O–H groups in total. The van der Waals surface area contributed by atoms with Gasteiger partial charge >= 0.3 is 5.97 Å². The number of carboxylic acid groups (broad SMARTS) is 1. The molecule has 3 heterocycles. The number of benzene rings is 1. The molecule has 0 saturated carbocycles. The average Bonchev–Trinajstić information content (AvgIpc) is 2.86. The van der Waals surface area contributed by atoms with Crippen LogP contribution in [0.15, 0.2) is 12.1 Å². The second-order valence-corrected chi connectivity index (χ2v) is 11.4. The van der Waals surface area contributed by atoms with Gasteiger partial charge in [0.2, 0.25) is 17.7 Å². The number of rotatable bonds is 8. The predicted molar refractivity (Wildman–Crippen MR) is 140 cm³/mol. The van der Waals surface area contributed by atoms with Gasteiger partial charge in [-0.2, -0.15) is 0 Å². The molecule has 1 unspecified atom stereocenters. The number of piperidine rings is 2. The topological polar surface area (TPSA) is 122 Å². The van der Waals surface area contributed by atoms with Crippen molar-refractivity contribution in [2.24, 2.45) is 11.3 Å². The summed E-state index contributed by atoms with van der Waals surface area (Å²) < 4.78 is 29.9. The molecule has 0 radical (unpaired) electrons. The molecule has 3 saturated heterocycles.